The van der Waals surface area contributed by atoms with Crippen LogP contribution in [0.1, 0.15) is 27.7 Å². The van der Waals surface area contributed by atoms with Crippen LogP contribution in [0.15, 0.2) is 82.9 Å². The Morgan fingerprint density at radius 3 is 2.55 bits per heavy atom. The Hall–Kier alpha value is -3.71. The second-order valence-corrected chi connectivity index (χ2v) is 6.57. The highest BCUT2D eigenvalue weighted by Crippen LogP contribution is 2.41. The van der Waals surface area contributed by atoms with E-state index < -0.39 is 23.5 Å². The number of anilines is 1. The maximum absolute atomic E-state index is 13.0. The largest absolute Gasteiger partial charge is 0.503 e. The summed E-state index contributed by atoms with van der Waals surface area (Å²) in [6, 6.07) is 12.7. The normalized spacial score (nSPS) is 16.5. The Labute approximate surface area is 166 Å². The van der Waals surface area contributed by atoms with Gasteiger partial charge in [0.05, 0.1) is 17.9 Å². The van der Waals surface area contributed by atoms with Gasteiger partial charge in [0.2, 0.25) is 5.78 Å². The summed E-state index contributed by atoms with van der Waals surface area (Å²) in [4.78, 5) is 31.4. The molecule has 7 nitrogen and oxygen atoms in total. The first-order chi connectivity index (χ1) is 14.1. The number of aliphatic hydroxyl groups is 2. The molecule has 1 aliphatic rings. The van der Waals surface area contributed by atoms with Crippen molar-refractivity contribution in [2.75, 3.05) is 11.5 Å². The van der Waals surface area contributed by atoms with Gasteiger partial charge < -0.3 is 14.6 Å². The first kappa shape index (κ1) is 18.6. The number of amides is 1. The number of furan rings is 1. The molecule has 3 heterocycles. The minimum absolute atomic E-state index is 0.0183. The maximum Gasteiger partial charge on any atom is 0.294 e. The lowest BCUT2D eigenvalue weighted by Crippen LogP contribution is -2.31. The Morgan fingerprint density at radius 2 is 1.93 bits per heavy atom. The molecule has 7 heteroatoms. The van der Waals surface area contributed by atoms with Gasteiger partial charge in [0.15, 0.2) is 11.5 Å². The molecule has 146 valence electrons. The van der Waals surface area contributed by atoms with Crippen LogP contribution in [0, 0.1) is 0 Å². The Bertz CT molecular complexity index is 1060. The van der Waals surface area contributed by atoms with Crippen LogP contribution in [0.3, 0.4) is 0 Å². The molecule has 2 aromatic heterocycles. The van der Waals surface area contributed by atoms with Crippen LogP contribution in [0.2, 0.25) is 0 Å². The summed E-state index contributed by atoms with van der Waals surface area (Å²) in [6.45, 7) is 0.0183. The average Bonchev–Trinajstić information content (AvgIpc) is 3.37. The molecule has 2 N–H and O–H groups in total. The number of carbonyl (C=O) groups excluding carboxylic acids is 2. The van der Waals surface area contributed by atoms with Crippen molar-refractivity contribution in [2.24, 2.45) is 0 Å². The molecule has 0 spiro atoms. The van der Waals surface area contributed by atoms with E-state index in [1.807, 2.05) is 0 Å². The lowest BCUT2D eigenvalue weighted by molar-refractivity contribution is -0.117. The number of aromatic nitrogens is 1. The molecule has 1 atom stereocenters. The highest BCUT2D eigenvalue weighted by atomic mass is 16.3. The van der Waals surface area contributed by atoms with Crippen molar-refractivity contribution >= 4 is 17.4 Å². The van der Waals surface area contributed by atoms with Crippen molar-refractivity contribution in [2.45, 2.75) is 12.5 Å². The van der Waals surface area contributed by atoms with Gasteiger partial charge in [-0.2, -0.15) is 0 Å². The zero-order valence-electron chi connectivity index (χ0n) is 15.4. The van der Waals surface area contributed by atoms with E-state index >= 15 is 0 Å². The fourth-order valence-electron chi connectivity index (χ4n) is 3.45. The van der Waals surface area contributed by atoms with Gasteiger partial charge in [-0.1, -0.05) is 18.2 Å². The maximum atomic E-state index is 13.0. The molecule has 0 fully saturated rings. The quantitative estimate of drug-likeness (QED) is 0.627. The van der Waals surface area contributed by atoms with Crippen molar-refractivity contribution in [3.8, 4) is 0 Å². The van der Waals surface area contributed by atoms with Crippen LogP contribution in [0.5, 0.6) is 0 Å². The first-order valence-corrected chi connectivity index (χ1v) is 9.06. The Morgan fingerprint density at radius 1 is 1.14 bits per heavy atom. The summed E-state index contributed by atoms with van der Waals surface area (Å²) >= 11 is 0. The third kappa shape index (κ3) is 3.32. The second-order valence-electron chi connectivity index (χ2n) is 6.57. The molecular weight excluding hydrogens is 372 g/mol. The van der Waals surface area contributed by atoms with Gasteiger partial charge in [0.1, 0.15) is 0 Å². The number of aliphatic hydroxyl groups excluding tert-OH is 2. The number of nitrogens with zero attached hydrogens (tertiary/aromatic N) is 2. The van der Waals surface area contributed by atoms with Gasteiger partial charge >= 0.3 is 0 Å². The van der Waals surface area contributed by atoms with Gasteiger partial charge in [-0.25, -0.2) is 0 Å². The molecule has 3 aromatic rings. The van der Waals surface area contributed by atoms with Crippen molar-refractivity contribution in [3.63, 3.8) is 0 Å². The Kier molecular flexibility index (Phi) is 4.97. The van der Waals surface area contributed by atoms with E-state index in [0.29, 0.717) is 17.7 Å². The van der Waals surface area contributed by atoms with E-state index in [-0.39, 0.29) is 17.9 Å². The zero-order valence-corrected chi connectivity index (χ0v) is 15.4. The number of pyridine rings is 1. The van der Waals surface area contributed by atoms with E-state index in [2.05, 4.69) is 4.98 Å². The smallest absolute Gasteiger partial charge is 0.294 e. The number of Topliss-reactive ketones (excluding diaryl/α,β-unsaturated/α-hetero) is 1. The summed E-state index contributed by atoms with van der Waals surface area (Å²) in [5.74, 6) is -1.81. The highest BCUT2D eigenvalue weighted by molar-refractivity contribution is 6.20. The number of hydrogen-bond acceptors (Lipinski definition) is 6. The van der Waals surface area contributed by atoms with Crippen molar-refractivity contribution in [1.29, 1.82) is 0 Å². The van der Waals surface area contributed by atoms with E-state index in [1.165, 1.54) is 17.2 Å². The summed E-state index contributed by atoms with van der Waals surface area (Å²) in [6.07, 6.45) is 5.00. The number of hydrogen-bond donors (Lipinski definition) is 2. The molecule has 0 unspecified atom stereocenters. The molecular formula is C22H18N2O5. The summed E-state index contributed by atoms with van der Waals surface area (Å²) in [5.41, 5.74) is 1.95. The molecule has 1 amide bonds. The molecule has 29 heavy (non-hydrogen) atoms. The standard InChI is InChI=1S/C22H18N2O5/c25-11-9-14-5-7-16(8-6-14)24-19(15-3-1-10-23-13-15)18(21(27)22(24)28)20(26)17-4-2-12-29-17/h1-8,10,12-13,19,25,27H,9,11H2/t19-/m0/s1. The van der Waals surface area contributed by atoms with Gasteiger partial charge in [0.25, 0.3) is 5.91 Å². The molecule has 1 aliphatic heterocycles. The van der Waals surface area contributed by atoms with Crippen LogP contribution in [0.4, 0.5) is 5.69 Å². The zero-order chi connectivity index (χ0) is 20.4. The van der Waals surface area contributed by atoms with Crippen LogP contribution < -0.4 is 4.90 Å². The minimum Gasteiger partial charge on any atom is -0.503 e. The monoisotopic (exact) mass is 390 g/mol. The second kappa shape index (κ2) is 7.73. The van der Waals surface area contributed by atoms with Crippen molar-refractivity contribution in [1.82, 2.24) is 4.98 Å². The SMILES string of the molecule is O=C(C1=C(O)C(=O)N(c2ccc(CCO)cc2)[C@H]1c1cccnc1)c1ccco1. The van der Waals surface area contributed by atoms with E-state index in [9.17, 15) is 14.7 Å². The van der Waals surface area contributed by atoms with Crippen LogP contribution in [0.25, 0.3) is 0 Å². The molecule has 0 saturated heterocycles. The number of ketones is 1. The average molecular weight is 390 g/mol. The molecule has 4 rings (SSSR count). The first-order valence-electron chi connectivity index (χ1n) is 9.06. The van der Waals surface area contributed by atoms with Crippen LogP contribution in [-0.2, 0) is 11.2 Å². The van der Waals surface area contributed by atoms with Gasteiger partial charge in [-0.05, 0) is 47.9 Å². The number of benzene rings is 1. The van der Waals surface area contributed by atoms with Gasteiger partial charge in [-0.15, -0.1) is 0 Å². The van der Waals surface area contributed by atoms with E-state index in [4.69, 9.17) is 9.52 Å². The topological polar surface area (TPSA) is 104 Å². The summed E-state index contributed by atoms with van der Waals surface area (Å²) < 4.78 is 5.20. The Balaban J connectivity index is 1.81. The fourth-order valence-corrected chi connectivity index (χ4v) is 3.45. The molecule has 0 aliphatic carbocycles. The van der Waals surface area contributed by atoms with Crippen LogP contribution in [-0.4, -0.2) is 33.5 Å². The third-order valence-corrected chi connectivity index (χ3v) is 4.81. The van der Waals surface area contributed by atoms with Crippen molar-refractivity contribution < 1.29 is 24.2 Å². The molecule has 0 radical (unpaired) electrons. The fraction of sp³-hybridized carbons (Fsp3) is 0.136. The van der Waals surface area contributed by atoms with Crippen LogP contribution >= 0.6 is 0 Å². The lowest BCUT2D eigenvalue weighted by Gasteiger charge is -2.26. The molecule has 0 bridgehead atoms. The van der Waals surface area contributed by atoms with Gasteiger partial charge in [0, 0.05) is 24.7 Å². The third-order valence-electron chi connectivity index (χ3n) is 4.81. The van der Waals surface area contributed by atoms with E-state index in [0.717, 1.165) is 5.56 Å². The molecule has 1 aromatic carbocycles. The number of carbonyl (C=O) groups is 2. The number of rotatable bonds is 6. The van der Waals surface area contributed by atoms with Gasteiger partial charge in [-0.3, -0.25) is 19.5 Å². The lowest BCUT2D eigenvalue weighted by atomic mass is 9.96. The predicted molar refractivity (Wildman–Crippen MR) is 104 cm³/mol. The molecule has 0 saturated carbocycles. The summed E-state index contributed by atoms with van der Waals surface area (Å²) in [5, 5.41) is 19.7. The minimum atomic E-state index is -0.850. The van der Waals surface area contributed by atoms with E-state index in [1.54, 1.807) is 54.9 Å². The predicted octanol–water partition coefficient (Wildman–Crippen LogP) is 2.99. The van der Waals surface area contributed by atoms with Crippen molar-refractivity contribution in [3.05, 3.63) is 95.4 Å². The highest BCUT2D eigenvalue weighted by Gasteiger charge is 2.45. The summed E-state index contributed by atoms with van der Waals surface area (Å²) in [7, 11) is 0.